The highest BCUT2D eigenvalue weighted by Gasteiger charge is 2.38. The molecule has 0 saturated carbocycles. The summed E-state index contributed by atoms with van der Waals surface area (Å²) in [5.41, 5.74) is 1.37. The molecule has 0 bridgehead atoms. The number of ether oxygens (including phenoxy) is 2. The normalized spacial score (nSPS) is 12.9. The Morgan fingerprint density at radius 3 is 2.16 bits per heavy atom. The van der Waals surface area contributed by atoms with Gasteiger partial charge in [-0.3, -0.25) is 4.79 Å². The number of nitrogens with one attached hydrogen (secondary N) is 2. The topological polar surface area (TPSA) is 114 Å². The Bertz CT molecular complexity index is 1670. The van der Waals surface area contributed by atoms with Crippen molar-refractivity contribution in [1.29, 1.82) is 0 Å². The summed E-state index contributed by atoms with van der Waals surface area (Å²) in [4.78, 5) is 29.5. The van der Waals surface area contributed by atoms with E-state index >= 15 is 0 Å². The second-order valence-corrected chi connectivity index (χ2v) is 10.1. The van der Waals surface area contributed by atoms with E-state index in [0.29, 0.717) is 46.1 Å². The maximum Gasteiger partial charge on any atom is 0.408 e. The minimum atomic E-state index is -4.68. The smallest absolute Gasteiger partial charge is 0.408 e. The van der Waals surface area contributed by atoms with E-state index in [0.717, 1.165) is 12.0 Å². The molecular formula is C31H31F5N4O5. The predicted molar refractivity (Wildman–Crippen MR) is 156 cm³/mol. The number of carbonyl (C=O) groups is 2. The molecule has 2 heterocycles. The van der Waals surface area contributed by atoms with Crippen LogP contribution in [0.15, 0.2) is 48.8 Å². The molecule has 2 aromatic heterocycles. The monoisotopic (exact) mass is 634 g/mol. The highest BCUT2D eigenvalue weighted by atomic mass is 19.4. The van der Waals surface area contributed by atoms with Crippen molar-refractivity contribution >= 4 is 23.2 Å². The number of aliphatic carboxylic acids is 1. The van der Waals surface area contributed by atoms with Gasteiger partial charge in [0.2, 0.25) is 0 Å². The summed E-state index contributed by atoms with van der Waals surface area (Å²) in [6.07, 6.45) is -1.58. The Balaban J connectivity index is 1.63. The van der Waals surface area contributed by atoms with Crippen LogP contribution in [-0.2, 0) is 17.6 Å². The first-order valence-electron chi connectivity index (χ1n) is 13.9. The molecule has 9 nitrogen and oxygen atoms in total. The van der Waals surface area contributed by atoms with E-state index in [-0.39, 0.29) is 6.42 Å². The van der Waals surface area contributed by atoms with Crippen LogP contribution < -0.4 is 20.1 Å². The van der Waals surface area contributed by atoms with E-state index in [1.54, 1.807) is 22.7 Å². The van der Waals surface area contributed by atoms with Gasteiger partial charge in [-0.15, -0.1) is 0 Å². The number of aromatic nitrogens is 2. The zero-order valence-corrected chi connectivity index (χ0v) is 24.8. The Morgan fingerprint density at radius 1 is 1.02 bits per heavy atom. The van der Waals surface area contributed by atoms with Gasteiger partial charge < -0.3 is 29.6 Å². The SMILES string of the molecule is CCc1cc(OC)c(-c2ccc(C[C@H](NC(=O)c3c(F)cc(N[C@H](CC)C(F)(F)F)cc3F)C(=O)O)n3ccnc23)c(OC)c1. The number of halogens is 5. The van der Waals surface area contributed by atoms with E-state index in [9.17, 15) is 36.6 Å². The summed E-state index contributed by atoms with van der Waals surface area (Å²) >= 11 is 0. The van der Waals surface area contributed by atoms with Gasteiger partial charge in [-0.1, -0.05) is 13.8 Å². The molecule has 0 aliphatic heterocycles. The molecule has 0 unspecified atom stereocenters. The van der Waals surface area contributed by atoms with E-state index in [2.05, 4.69) is 10.3 Å². The van der Waals surface area contributed by atoms with Crippen LogP contribution >= 0.6 is 0 Å². The zero-order chi connectivity index (χ0) is 33.1. The number of amides is 1. The maximum atomic E-state index is 14.8. The molecule has 0 saturated heterocycles. The van der Waals surface area contributed by atoms with Crippen molar-refractivity contribution in [1.82, 2.24) is 14.7 Å². The van der Waals surface area contributed by atoms with Gasteiger partial charge in [0, 0.05) is 35.8 Å². The fourth-order valence-electron chi connectivity index (χ4n) is 5.00. The summed E-state index contributed by atoms with van der Waals surface area (Å²) in [6, 6.07) is 4.44. The number of alkyl halides is 3. The highest BCUT2D eigenvalue weighted by molar-refractivity contribution is 5.97. The number of aryl methyl sites for hydroxylation is 1. The van der Waals surface area contributed by atoms with Crippen molar-refractivity contribution in [3.63, 3.8) is 0 Å². The van der Waals surface area contributed by atoms with Crippen LogP contribution in [-0.4, -0.2) is 58.8 Å². The number of carboxylic acid groups (broad SMARTS) is 1. The van der Waals surface area contributed by atoms with Gasteiger partial charge in [-0.2, -0.15) is 13.2 Å². The lowest BCUT2D eigenvalue weighted by Crippen LogP contribution is -2.43. The maximum absolute atomic E-state index is 14.8. The van der Waals surface area contributed by atoms with Gasteiger partial charge in [0.1, 0.15) is 46.4 Å². The largest absolute Gasteiger partial charge is 0.496 e. The Kier molecular flexibility index (Phi) is 9.84. The van der Waals surface area contributed by atoms with Crippen LogP contribution in [0.25, 0.3) is 16.8 Å². The van der Waals surface area contributed by atoms with Crippen molar-refractivity contribution < 1.29 is 46.1 Å². The third kappa shape index (κ3) is 6.94. The minimum Gasteiger partial charge on any atom is -0.496 e. The lowest BCUT2D eigenvalue weighted by Gasteiger charge is -2.22. The van der Waals surface area contributed by atoms with Gasteiger partial charge in [0.15, 0.2) is 0 Å². The molecule has 4 rings (SSSR count). The average molecular weight is 635 g/mol. The predicted octanol–water partition coefficient (Wildman–Crippen LogP) is 6.04. The molecule has 2 atom stereocenters. The van der Waals surface area contributed by atoms with Crippen molar-refractivity contribution in [2.45, 2.75) is 51.4 Å². The third-order valence-corrected chi connectivity index (χ3v) is 7.31. The first-order valence-corrected chi connectivity index (χ1v) is 13.9. The summed E-state index contributed by atoms with van der Waals surface area (Å²) < 4.78 is 81.9. The molecular weight excluding hydrogens is 603 g/mol. The number of benzene rings is 2. The molecule has 0 aliphatic rings. The Labute approximate surface area is 255 Å². The molecule has 0 spiro atoms. The van der Waals surface area contributed by atoms with Gasteiger partial charge in [0.25, 0.3) is 5.91 Å². The average Bonchev–Trinajstić information content (AvgIpc) is 3.48. The van der Waals surface area contributed by atoms with Crippen molar-refractivity contribution in [2.75, 3.05) is 19.5 Å². The van der Waals surface area contributed by atoms with Crippen LogP contribution in [0.4, 0.5) is 27.6 Å². The van der Waals surface area contributed by atoms with E-state index in [1.807, 2.05) is 24.4 Å². The van der Waals surface area contributed by atoms with Crippen LogP contribution in [0, 0.1) is 11.6 Å². The number of carboxylic acids is 1. The number of hydrogen-bond donors (Lipinski definition) is 3. The molecule has 14 heteroatoms. The van der Waals surface area contributed by atoms with Crippen molar-refractivity contribution in [3.05, 3.63) is 77.2 Å². The molecule has 45 heavy (non-hydrogen) atoms. The number of imidazole rings is 1. The number of nitrogens with zero attached hydrogens (tertiary/aromatic N) is 2. The lowest BCUT2D eigenvalue weighted by atomic mass is 9.99. The van der Waals surface area contributed by atoms with Gasteiger partial charge in [-0.25, -0.2) is 18.6 Å². The summed E-state index contributed by atoms with van der Waals surface area (Å²) in [6.45, 7) is 3.23. The molecule has 4 aromatic rings. The summed E-state index contributed by atoms with van der Waals surface area (Å²) in [7, 11) is 3.05. The first-order chi connectivity index (χ1) is 21.3. The number of fused-ring (bicyclic) bond motifs is 1. The fraction of sp³-hybridized carbons (Fsp3) is 0.323. The zero-order valence-electron chi connectivity index (χ0n) is 24.8. The molecule has 2 aromatic carbocycles. The second kappa shape index (κ2) is 13.4. The lowest BCUT2D eigenvalue weighted by molar-refractivity contribution is -0.143. The molecule has 1 amide bonds. The first kappa shape index (κ1) is 33.0. The standard InChI is InChI=1S/C31H31F5N4O5/c1-5-16-11-23(44-3)26(24(12-16)45-4)19-8-7-18(40-10-9-37-28(19)40)15-22(30(42)43)39-29(41)27-20(32)13-17(14-21(27)33)38-25(6-2)31(34,35)36/h7-14,22,25,38H,5-6,15H2,1-4H3,(H,39,41)(H,42,43)/t22-,25+/m0/s1. The summed E-state index contributed by atoms with van der Waals surface area (Å²) in [5.74, 6) is -4.74. The van der Waals surface area contributed by atoms with Gasteiger partial charge in [0.05, 0.1) is 19.8 Å². The van der Waals surface area contributed by atoms with Crippen molar-refractivity contribution in [2.24, 2.45) is 0 Å². The van der Waals surface area contributed by atoms with E-state index in [4.69, 9.17) is 9.47 Å². The number of carbonyl (C=O) groups excluding carboxylic acids is 1. The third-order valence-electron chi connectivity index (χ3n) is 7.31. The molecule has 0 fully saturated rings. The Morgan fingerprint density at radius 2 is 1.64 bits per heavy atom. The van der Waals surface area contributed by atoms with Crippen LogP contribution in [0.2, 0.25) is 0 Å². The Hall–Kier alpha value is -4.88. The fourth-order valence-corrected chi connectivity index (χ4v) is 5.00. The van der Waals surface area contributed by atoms with Gasteiger partial charge >= 0.3 is 12.1 Å². The number of anilines is 1. The van der Waals surface area contributed by atoms with Crippen LogP contribution in [0.5, 0.6) is 11.5 Å². The van der Waals surface area contributed by atoms with Crippen LogP contribution in [0.3, 0.4) is 0 Å². The van der Waals surface area contributed by atoms with Gasteiger partial charge in [-0.05, 0) is 54.8 Å². The van der Waals surface area contributed by atoms with Crippen molar-refractivity contribution in [3.8, 4) is 22.6 Å². The molecule has 3 N–H and O–H groups in total. The second-order valence-electron chi connectivity index (χ2n) is 10.1. The summed E-state index contributed by atoms with van der Waals surface area (Å²) in [5, 5.41) is 14.0. The van der Waals surface area contributed by atoms with E-state index in [1.165, 1.54) is 27.3 Å². The highest BCUT2D eigenvalue weighted by Crippen LogP contribution is 2.41. The molecule has 240 valence electrons. The number of hydrogen-bond acceptors (Lipinski definition) is 6. The van der Waals surface area contributed by atoms with E-state index < -0.39 is 59.4 Å². The van der Waals surface area contributed by atoms with Crippen LogP contribution in [0.1, 0.15) is 41.9 Å². The molecule has 0 radical (unpaired) electrons. The number of methoxy groups -OCH3 is 2. The number of rotatable bonds is 12. The quantitative estimate of drug-likeness (QED) is 0.163. The molecule has 0 aliphatic carbocycles. The number of pyridine rings is 1. The minimum absolute atomic E-state index is 0.316.